The van der Waals surface area contributed by atoms with E-state index >= 15 is 0 Å². The molecule has 0 aliphatic rings. The van der Waals surface area contributed by atoms with Gasteiger partial charge >= 0.3 is 0 Å². The fraction of sp³-hybridized carbons (Fsp3) is 0.318. The number of ether oxygens (including phenoxy) is 3. The molecule has 0 amide bonds. The number of rotatable bonds is 10. The Bertz CT molecular complexity index is 1020. The monoisotopic (exact) mass is 426 g/mol. The molecule has 1 heterocycles. The molecule has 0 unspecified atom stereocenters. The smallest absolute Gasteiger partial charge is 0.216 e. The second kappa shape index (κ2) is 10.6. The maximum absolute atomic E-state index is 5.99. The van der Waals surface area contributed by atoms with Crippen LogP contribution in [0.2, 0.25) is 0 Å². The van der Waals surface area contributed by atoms with E-state index in [0.717, 1.165) is 36.2 Å². The third kappa shape index (κ3) is 5.27. The summed E-state index contributed by atoms with van der Waals surface area (Å²) in [6.45, 7) is 2.54. The Morgan fingerprint density at radius 1 is 1.13 bits per heavy atom. The van der Waals surface area contributed by atoms with Crippen LogP contribution >= 0.6 is 12.2 Å². The molecule has 1 N–H and O–H groups in total. The molecule has 0 fully saturated rings. The van der Waals surface area contributed by atoms with Crippen LogP contribution in [0.5, 0.6) is 17.2 Å². The van der Waals surface area contributed by atoms with Gasteiger partial charge in [-0.3, -0.25) is 5.10 Å². The van der Waals surface area contributed by atoms with Gasteiger partial charge in [0.25, 0.3) is 0 Å². The van der Waals surface area contributed by atoms with Gasteiger partial charge in [0, 0.05) is 12.0 Å². The Hall–Kier alpha value is -3.13. The number of unbranched alkanes of at least 4 members (excludes halogenated alkanes) is 1. The second-order valence-electron chi connectivity index (χ2n) is 6.63. The van der Waals surface area contributed by atoms with Crippen molar-refractivity contribution in [2.75, 3.05) is 14.2 Å². The Balaban J connectivity index is 1.85. The second-order valence-corrected chi connectivity index (χ2v) is 7.02. The van der Waals surface area contributed by atoms with Crippen molar-refractivity contribution in [2.24, 2.45) is 5.10 Å². The summed E-state index contributed by atoms with van der Waals surface area (Å²) in [4.78, 5) is 0. The minimum atomic E-state index is 0.409. The highest BCUT2D eigenvalue weighted by Crippen LogP contribution is 2.38. The molecule has 0 atom stereocenters. The van der Waals surface area contributed by atoms with Crippen molar-refractivity contribution in [3.05, 3.63) is 64.2 Å². The van der Waals surface area contributed by atoms with Crippen molar-refractivity contribution in [3.8, 4) is 17.2 Å². The number of H-pyrrole nitrogens is 1. The molecule has 0 spiro atoms. The largest absolute Gasteiger partial charge is 0.493 e. The number of hydrogen-bond acceptors (Lipinski definition) is 6. The normalized spacial score (nSPS) is 11.0. The topological polar surface area (TPSA) is 73.7 Å². The molecule has 0 radical (unpaired) electrons. The number of nitrogens with one attached hydrogen (secondary N) is 1. The average Bonchev–Trinajstić information content (AvgIpc) is 3.14. The summed E-state index contributed by atoms with van der Waals surface area (Å²) in [7, 11) is 3.19. The lowest BCUT2D eigenvalue weighted by Crippen LogP contribution is -2.02. The Morgan fingerprint density at radius 2 is 1.83 bits per heavy atom. The van der Waals surface area contributed by atoms with E-state index in [1.54, 1.807) is 25.1 Å². The highest BCUT2D eigenvalue weighted by atomic mass is 32.1. The first-order valence-electron chi connectivity index (χ1n) is 9.79. The first-order chi connectivity index (χ1) is 14.7. The van der Waals surface area contributed by atoms with Gasteiger partial charge in [0.05, 0.1) is 20.4 Å². The van der Waals surface area contributed by atoms with E-state index in [9.17, 15) is 0 Å². The van der Waals surface area contributed by atoms with Crippen LogP contribution in [0.15, 0.2) is 47.6 Å². The minimum Gasteiger partial charge on any atom is -0.493 e. The summed E-state index contributed by atoms with van der Waals surface area (Å²) in [6, 6.07) is 13.6. The van der Waals surface area contributed by atoms with E-state index in [2.05, 4.69) is 22.2 Å². The minimum absolute atomic E-state index is 0.409. The van der Waals surface area contributed by atoms with Crippen molar-refractivity contribution in [1.29, 1.82) is 0 Å². The Labute approximate surface area is 181 Å². The molecule has 0 saturated carbocycles. The number of aromatic nitrogens is 3. The van der Waals surface area contributed by atoms with Crippen molar-refractivity contribution in [3.63, 3.8) is 0 Å². The number of hydrogen-bond donors (Lipinski definition) is 1. The van der Waals surface area contributed by atoms with Gasteiger partial charge in [-0.1, -0.05) is 43.7 Å². The van der Waals surface area contributed by atoms with Gasteiger partial charge in [0.2, 0.25) is 10.5 Å². The maximum atomic E-state index is 5.99. The van der Waals surface area contributed by atoms with Gasteiger partial charge in [-0.25, -0.2) is 0 Å². The predicted molar refractivity (Wildman–Crippen MR) is 119 cm³/mol. The van der Waals surface area contributed by atoms with Gasteiger partial charge in [-0.2, -0.15) is 14.9 Å². The molecular weight excluding hydrogens is 400 g/mol. The first-order valence-corrected chi connectivity index (χ1v) is 10.2. The van der Waals surface area contributed by atoms with Gasteiger partial charge in [-0.15, -0.1) is 0 Å². The summed E-state index contributed by atoms with van der Waals surface area (Å²) in [5.74, 6) is 2.48. The highest BCUT2D eigenvalue weighted by Gasteiger charge is 2.14. The molecular formula is C22H26N4O3S. The first kappa shape index (κ1) is 21.6. The number of aryl methyl sites for hydroxylation is 1. The fourth-order valence-electron chi connectivity index (χ4n) is 2.91. The molecule has 3 aromatic rings. The van der Waals surface area contributed by atoms with E-state index < -0.39 is 0 Å². The summed E-state index contributed by atoms with van der Waals surface area (Å²) in [5.41, 5.74) is 1.85. The molecule has 3 rings (SSSR count). The zero-order chi connectivity index (χ0) is 21.3. The summed E-state index contributed by atoms with van der Waals surface area (Å²) in [6.07, 6.45) is 4.60. The molecule has 30 heavy (non-hydrogen) atoms. The average molecular weight is 427 g/mol. The lowest BCUT2D eigenvalue weighted by atomic mass is 10.2. The van der Waals surface area contributed by atoms with Crippen LogP contribution in [-0.4, -0.2) is 35.3 Å². The van der Waals surface area contributed by atoms with E-state index in [1.165, 1.54) is 0 Å². The lowest BCUT2D eigenvalue weighted by Gasteiger charge is -2.15. The molecule has 0 saturated heterocycles. The zero-order valence-electron chi connectivity index (χ0n) is 17.4. The number of aromatic amines is 1. The van der Waals surface area contributed by atoms with Crippen LogP contribution in [0.25, 0.3) is 0 Å². The van der Waals surface area contributed by atoms with Crippen LogP contribution < -0.4 is 14.2 Å². The van der Waals surface area contributed by atoms with Crippen molar-refractivity contribution >= 4 is 18.4 Å². The van der Waals surface area contributed by atoms with Gasteiger partial charge in [0.15, 0.2) is 17.3 Å². The quantitative estimate of drug-likeness (QED) is 0.374. The van der Waals surface area contributed by atoms with Crippen LogP contribution in [-0.2, 0) is 13.0 Å². The third-order valence-electron chi connectivity index (χ3n) is 4.50. The molecule has 2 aromatic carbocycles. The predicted octanol–water partition coefficient (Wildman–Crippen LogP) is 4.76. The summed E-state index contributed by atoms with van der Waals surface area (Å²) < 4.78 is 19.2. The molecule has 0 aliphatic carbocycles. The van der Waals surface area contributed by atoms with Crippen molar-refractivity contribution in [2.45, 2.75) is 32.8 Å². The number of nitrogens with zero attached hydrogens (tertiary/aromatic N) is 3. The molecule has 0 bridgehead atoms. The fourth-order valence-corrected chi connectivity index (χ4v) is 3.11. The van der Waals surface area contributed by atoms with Crippen LogP contribution in [0.1, 0.15) is 36.7 Å². The number of benzene rings is 2. The molecule has 0 aliphatic heterocycles. The van der Waals surface area contributed by atoms with Crippen LogP contribution in [0.4, 0.5) is 0 Å². The highest BCUT2D eigenvalue weighted by molar-refractivity contribution is 7.71. The van der Waals surface area contributed by atoms with Gasteiger partial charge < -0.3 is 14.2 Å². The van der Waals surface area contributed by atoms with Gasteiger partial charge in [0.1, 0.15) is 6.61 Å². The van der Waals surface area contributed by atoms with E-state index in [1.807, 2.05) is 42.5 Å². The van der Waals surface area contributed by atoms with Crippen LogP contribution in [0.3, 0.4) is 0 Å². The van der Waals surface area contributed by atoms with E-state index in [-0.39, 0.29) is 0 Å². The van der Waals surface area contributed by atoms with E-state index in [0.29, 0.717) is 28.6 Å². The third-order valence-corrected chi connectivity index (χ3v) is 4.77. The summed E-state index contributed by atoms with van der Waals surface area (Å²) >= 11 is 5.30. The maximum Gasteiger partial charge on any atom is 0.216 e. The van der Waals surface area contributed by atoms with Crippen molar-refractivity contribution in [1.82, 2.24) is 14.9 Å². The zero-order valence-corrected chi connectivity index (χ0v) is 18.2. The standard InChI is InChI=1S/C22H26N4O3S/c1-4-5-11-20-24-25-22(30)26(20)23-14-17-12-18(27-2)21(19(13-17)28-3)29-15-16-9-7-6-8-10-16/h6-10,12-14H,4-5,11,15H2,1-3H3,(H,25,30)/b23-14-. The SMILES string of the molecule is CCCCc1n[nH]c(=S)n1/N=C\c1cc(OC)c(OCc2ccccc2)c(OC)c1. The van der Waals surface area contributed by atoms with Crippen LogP contribution in [0, 0.1) is 4.77 Å². The molecule has 1 aromatic heterocycles. The molecule has 158 valence electrons. The summed E-state index contributed by atoms with van der Waals surface area (Å²) in [5, 5.41) is 11.6. The Kier molecular flexibility index (Phi) is 7.62. The lowest BCUT2D eigenvalue weighted by molar-refractivity contribution is 0.266. The van der Waals surface area contributed by atoms with E-state index in [4.69, 9.17) is 26.4 Å². The number of methoxy groups -OCH3 is 2. The molecule has 8 heteroatoms. The molecule has 7 nitrogen and oxygen atoms in total. The van der Waals surface area contributed by atoms with Crippen molar-refractivity contribution < 1.29 is 14.2 Å². The Morgan fingerprint density at radius 3 is 2.47 bits per heavy atom. The van der Waals surface area contributed by atoms with Gasteiger partial charge in [-0.05, 0) is 36.3 Å².